The number of likely N-dealkylation sites (N-methyl/N-ethyl adjacent to an activating group) is 1. The van der Waals surface area contributed by atoms with Crippen LogP contribution in [0.2, 0.25) is 0 Å². The van der Waals surface area contributed by atoms with Gasteiger partial charge in [-0.15, -0.1) is 0 Å². The molecule has 0 aromatic carbocycles. The summed E-state index contributed by atoms with van der Waals surface area (Å²) in [6, 6.07) is 0. The standard InChI is InChI=1S/C36H70NO8P/c1-6-8-10-12-13-14-15-16-17-18-19-20-21-22-23-25-27-29-36(39)45-34(32-42-35(38)28-26-24-11-9-7-2)33-44-46(40,41)43-31-30-37(3,4)5/h16-17,34H,6-15,18-33H2,1-5H3/p+1/b17-16-. The average molecular weight is 677 g/mol. The molecule has 0 aliphatic rings. The van der Waals surface area contributed by atoms with Gasteiger partial charge in [0.1, 0.15) is 19.8 Å². The molecule has 0 saturated carbocycles. The number of quaternary nitrogens is 1. The van der Waals surface area contributed by atoms with E-state index in [0.717, 1.165) is 57.8 Å². The number of hydrogen-bond donors (Lipinski definition) is 1. The molecular weight excluding hydrogens is 605 g/mol. The third-order valence-corrected chi connectivity index (χ3v) is 8.78. The van der Waals surface area contributed by atoms with Crippen molar-refractivity contribution in [2.45, 2.75) is 161 Å². The fourth-order valence-electron chi connectivity index (χ4n) is 4.83. The van der Waals surface area contributed by atoms with Crippen molar-refractivity contribution in [1.29, 1.82) is 0 Å². The van der Waals surface area contributed by atoms with E-state index in [1.54, 1.807) is 0 Å². The van der Waals surface area contributed by atoms with Crippen molar-refractivity contribution in [3.8, 4) is 0 Å². The van der Waals surface area contributed by atoms with Crippen LogP contribution in [0.1, 0.15) is 155 Å². The molecule has 46 heavy (non-hydrogen) atoms. The van der Waals surface area contributed by atoms with Gasteiger partial charge in [0.25, 0.3) is 0 Å². The summed E-state index contributed by atoms with van der Waals surface area (Å²) in [6.07, 6.45) is 27.3. The highest BCUT2D eigenvalue weighted by Crippen LogP contribution is 2.43. The van der Waals surface area contributed by atoms with E-state index in [-0.39, 0.29) is 32.0 Å². The van der Waals surface area contributed by atoms with E-state index >= 15 is 0 Å². The molecule has 0 fully saturated rings. The highest BCUT2D eigenvalue weighted by Gasteiger charge is 2.27. The quantitative estimate of drug-likeness (QED) is 0.0241. The number of esters is 2. The van der Waals surface area contributed by atoms with Crippen molar-refractivity contribution in [2.75, 3.05) is 47.5 Å². The van der Waals surface area contributed by atoms with Crippen LogP contribution in [0, 0.1) is 0 Å². The zero-order valence-corrected chi connectivity index (χ0v) is 31.2. The molecule has 0 bridgehead atoms. The van der Waals surface area contributed by atoms with Crippen molar-refractivity contribution >= 4 is 19.8 Å². The molecule has 0 amide bonds. The molecule has 0 rings (SSSR count). The zero-order valence-electron chi connectivity index (χ0n) is 30.3. The molecule has 0 aliphatic heterocycles. The summed E-state index contributed by atoms with van der Waals surface area (Å²) in [6.45, 7) is 4.31. The lowest BCUT2D eigenvalue weighted by atomic mass is 10.1. The van der Waals surface area contributed by atoms with Gasteiger partial charge < -0.3 is 18.9 Å². The summed E-state index contributed by atoms with van der Waals surface area (Å²) >= 11 is 0. The highest BCUT2D eigenvalue weighted by atomic mass is 31.2. The van der Waals surface area contributed by atoms with E-state index in [1.165, 1.54) is 64.2 Å². The number of phosphoric acid groups is 1. The molecule has 0 spiro atoms. The molecule has 0 aromatic rings. The fraction of sp³-hybridized carbons (Fsp3) is 0.889. The summed E-state index contributed by atoms with van der Waals surface area (Å²) < 4.78 is 33.9. The number of carbonyl (C=O) groups excluding carboxylic acids is 2. The van der Waals surface area contributed by atoms with E-state index < -0.39 is 26.5 Å². The molecule has 272 valence electrons. The van der Waals surface area contributed by atoms with Gasteiger partial charge in [0, 0.05) is 12.8 Å². The minimum Gasteiger partial charge on any atom is -0.462 e. The van der Waals surface area contributed by atoms with Gasteiger partial charge in [-0.1, -0.05) is 116 Å². The fourth-order valence-corrected chi connectivity index (χ4v) is 5.57. The number of carbonyl (C=O) groups is 2. The Balaban J connectivity index is 4.30. The van der Waals surface area contributed by atoms with E-state index in [1.807, 2.05) is 21.1 Å². The van der Waals surface area contributed by atoms with Crippen LogP contribution in [-0.4, -0.2) is 74.9 Å². The predicted octanol–water partition coefficient (Wildman–Crippen LogP) is 9.46. The van der Waals surface area contributed by atoms with Crippen molar-refractivity contribution in [3.05, 3.63) is 12.2 Å². The minimum absolute atomic E-state index is 0.0328. The van der Waals surface area contributed by atoms with E-state index in [9.17, 15) is 19.0 Å². The Morgan fingerprint density at radius 1 is 0.652 bits per heavy atom. The third kappa shape index (κ3) is 32.7. The first-order chi connectivity index (χ1) is 22.0. The minimum atomic E-state index is -4.35. The van der Waals surface area contributed by atoms with Gasteiger partial charge in [0.05, 0.1) is 27.7 Å². The first-order valence-corrected chi connectivity index (χ1v) is 19.9. The highest BCUT2D eigenvalue weighted by molar-refractivity contribution is 7.47. The van der Waals surface area contributed by atoms with Crippen LogP contribution in [0.4, 0.5) is 0 Å². The van der Waals surface area contributed by atoms with Gasteiger partial charge >= 0.3 is 19.8 Å². The van der Waals surface area contributed by atoms with Crippen molar-refractivity contribution in [1.82, 2.24) is 0 Å². The molecule has 0 radical (unpaired) electrons. The van der Waals surface area contributed by atoms with Gasteiger partial charge in [-0.25, -0.2) is 4.57 Å². The zero-order chi connectivity index (χ0) is 34.4. The van der Waals surface area contributed by atoms with Gasteiger partial charge in [0.2, 0.25) is 0 Å². The van der Waals surface area contributed by atoms with Gasteiger partial charge in [-0.2, -0.15) is 0 Å². The Morgan fingerprint density at radius 3 is 1.61 bits per heavy atom. The number of allylic oxidation sites excluding steroid dienone is 2. The normalized spacial score (nSPS) is 14.0. The van der Waals surface area contributed by atoms with Gasteiger partial charge in [-0.05, 0) is 38.5 Å². The summed E-state index contributed by atoms with van der Waals surface area (Å²) in [5, 5.41) is 0. The molecule has 1 N–H and O–H groups in total. The number of nitrogens with zero attached hydrogens (tertiary/aromatic N) is 1. The second kappa shape index (κ2) is 29.9. The third-order valence-electron chi connectivity index (χ3n) is 7.80. The Morgan fingerprint density at radius 2 is 1.11 bits per heavy atom. The van der Waals surface area contributed by atoms with E-state index in [4.69, 9.17) is 18.5 Å². The summed E-state index contributed by atoms with van der Waals surface area (Å²) in [7, 11) is 1.47. The number of hydrogen-bond acceptors (Lipinski definition) is 7. The molecule has 0 heterocycles. The number of unbranched alkanes of at least 4 members (excludes halogenated alkanes) is 17. The van der Waals surface area contributed by atoms with Gasteiger partial charge in [0.15, 0.2) is 6.10 Å². The van der Waals surface area contributed by atoms with Crippen LogP contribution in [0.15, 0.2) is 12.2 Å². The second-order valence-corrected chi connectivity index (χ2v) is 15.1. The number of ether oxygens (including phenoxy) is 2. The largest absolute Gasteiger partial charge is 0.472 e. The first-order valence-electron chi connectivity index (χ1n) is 18.4. The molecule has 0 aliphatic carbocycles. The Kier molecular flexibility index (Phi) is 29.0. The summed E-state index contributed by atoms with van der Waals surface area (Å²) in [5.74, 6) is -0.816. The molecule has 2 unspecified atom stereocenters. The SMILES string of the molecule is CCCCCCCC/C=C\CCCCCCCCCC(=O)OC(COC(=O)CCCCCCC)COP(=O)(O)OCC[N+](C)(C)C. The first kappa shape index (κ1) is 44.8. The van der Waals surface area contributed by atoms with Crippen LogP contribution < -0.4 is 0 Å². The second-order valence-electron chi connectivity index (χ2n) is 13.6. The Bertz CT molecular complexity index is 814. The van der Waals surface area contributed by atoms with E-state index in [2.05, 4.69) is 26.0 Å². The molecule has 0 aromatic heterocycles. The number of rotatable bonds is 33. The topological polar surface area (TPSA) is 108 Å². The number of phosphoric ester groups is 1. The van der Waals surface area contributed by atoms with Crippen LogP contribution in [0.5, 0.6) is 0 Å². The molecule has 2 atom stereocenters. The van der Waals surface area contributed by atoms with Crippen LogP contribution in [0.3, 0.4) is 0 Å². The van der Waals surface area contributed by atoms with E-state index in [0.29, 0.717) is 17.4 Å². The predicted molar refractivity (Wildman–Crippen MR) is 188 cm³/mol. The Labute approximate surface area is 282 Å². The maximum Gasteiger partial charge on any atom is 0.472 e. The lowest BCUT2D eigenvalue weighted by Gasteiger charge is -2.24. The lowest BCUT2D eigenvalue weighted by Crippen LogP contribution is -2.37. The lowest BCUT2D eigenvalue weighted by molar-refractivity contribution is -0.870. The average Bonchev–Trinajstić information content (AvgIpc) is 2.99. The van der Waals surface area contributed by atoms with Crippen molar-refractivity contribution in [2.24, 2.45) is 0 Å². The monoisotopic (exact) mass is 676 g/mol. The van der Waals surface area contributed by atoms with Gasteiger partial charge in [-0.3, -0.25) is 18.6 Å². The maximum absolute atomic E-state index is 12.5. The molecule has 10 heteroatoms. The van der Waals surface area contributed by atoms with Crippen LogP contribution >= 0.6 is 7.82 Å². The van der Waals surface area contributed by atoms with Crippen molar-refractivity contribution < 1.29 is 42.1 Å². The van der Waals surface area contributed by atoms with Crippen LogP contribution in [-0.2, 0) is 32.7 Å². The van der Waals surface area contributed by atoms with Crippen LogP contribution in [0.25, 0.3) is 0 Å². The maximum atomic E-state index is 12.5. The summed E-state index contributed by atoms with van der Waals surface area (Å²) in [4.78, 5) is 34.8. The smallest absolute Gasteiger partial charge is 0.462 e. The molecule has 0 saturated heterocycles. The van der Waals surface area contributed by atoms with Crippen molar-refractivity contribution in [3.63, 3.8) is 0 Å². The molecule has 9 nitrogen and oxygen atoms in total. The molecular formula is C36H71NO8P+. The summed E-state index contributed by atoms with van der Waals surface area (Å²) in [5.41, 5.74) is 0. The Hall–Kier alpha value is -1.25.